The van der Waals surface area contributed by atoms with Gasteiger partial charge in [-0.15, -0.1) is 36.2 Å². The largest absolute Gasteiger partial charge is 0.350 e. The molecule has 26 heavy (non-hydrogen) atoms. The van der Waals surface area contributed by atoms with Crippen molar-refractivity contribution in [1.82, 2.24) is 20.6 Å². The number of rotatable bonds is 6. The van der Waals surface area contributed by atoms with Crippen molar-refractivity contribution in [3.63, 3.8) is 0 Å². The SMILES string of the molecule is Cl.Cl.O=C(NCCNC1CCCCCC1)c1cnc(-c2ccncc2)s1. The second kappa shape index (κ2) is 12.2. The van der Waals surface area contributed by atoms with Gasteiger partial charge < -0.3 is 10.6 Å². The van der Waals surface area contributed by atoms with Crippen LogP contribution < -0.4 is 10.6 Å². The van der Waals surface area contributed by atoms with Crippen molar-refractivity contribution in [3.8, 4) is 10.6 Å². The maximum atomic E-state index is 12.2. The number of halogens is 2. The zero-order valence-electron chi connectivity index (χ0n) is 14.6. The number of pyridine rings is 1. The summed E-state index contributed by atoms with van der Waals surface area (Å²) < 4.78 is 0. The lowest BCUT2D eigenvalue weighted by molar-refractivity contribution is 0.0957. The molecule has 0 atom stereocenters. The second-order valence-corrected chi connectivity index (χ2v) is 7.19. The molecule has 144 valence electrons. The molecule has 0 bridgehead atoms. The van der Waals surface area contributed by atoms with Crippen LogP contribution in [0.1, 0.15) is 48.2 Å². The van der Waals surface area contributed by atoms with Crippen LogP contribution in [0.2, 0.25) is 0 Å². The summed E-state index contributed by atoms with van der Waals surface area (Å²) in [6.07, 6.45) is 13.0. The minimum atomic E-state index is -0.0459. The fraction of sp³-hybridized carbons (Fsp3) is 0.500. The lowest BCUT2D eigenvalue weighted by Gasteiger charge is -2.16. The monoisotopic (exact) mass is 416 g/mol. The van der Waals surface area contributed by atoms with E-state index in [0.29, 0.717) is 17.5 Å². The Morgan fingerprint density at radius 1 is 1.08 bits per heavy atom. The number of nitrogens with one attached hydrogen (secondary N) is 2. The molecule has 1 aliphatic rings. The first-order valence-corrected chi connectivity index (χ1v) is 9.52. The zero-order valence-corrected chi connectivity index (χ0v) is 17.1. The van der Waals surface area contributed by atoms with E-state index in [1.165, 1.54) is 49.9 Å². The highest BCUT2D eigenvalue weighted by atomic mass is 35.5. The molecule has 2 N–H and O–H groups in total. The van der Waals surface area contributed by atoms with Crippen LogP contribution in [0.15, 0.2) is 30.7 Å². The molecular weight excluding hydrogens is 391 g/mol. The van der Waals surface area contributed by atoms with Gasteiger partial charge in [0.25, 0.3) is 5.91 Å². The van der Waals surface area contributed by atoms with Crippen molar-refractivity contribution in [2.75, 3.05) is 13.1 Å². The summed E-state index contributed by atoms with van der Waals surface area (Å²) in [6, 6.07) is 4.42. The minimum Gasteiger partial charge on any atom is -0.350 e. The predicted octanol–water partition coefficient (Wildman–Crippen LogP) is 4.09. The van der Waals surface area contributed by atoms with Crippen molar-refractivity contribution in [3.05, 3.63) is 35.6 Å². The number of thiazole rings is 1. The molecule has 0 unspecified atom stereocenters. The van der Waals surface area contributed by atoms with Crippen LogP contribution in [0.4, 0.5) is 0 Å². The first-order valence-electron chi connectivity index (χ1n) is 8.71. The number of hydrogen-bond donors (Lipinski definition) is 2. The van der Waals surface area contributed by atoms with Crippen LogP contribution in [-0.2, 0) is 0 Å². The van der Waals surface area contributed by atoms with Crippen LogP contribution in [0.25, 0.3) is 10.6 Å². The molecule has 1 aliphatic carbocycles. The Labute approximate surface area is 171 Å². The van der Waals surface area contributed by atoms with E-state index in [-0.39, 0.29) is 30.7 Å². The van der Waals surface area contributed by atoms with E-state index >= 15 is 0 Å². The molecule has 0 aliphatic heterocycles. The van der Waals surface area contributed by atoms with E-state index in [9.17, 15) is 4.79 Å². The van der Waals surface area contributed by atoms with Crippen molar-refractivity contribution in [1.29, 1.82) is 0 Å². The third-order valence-corrected chi connectivity index (χ3v) is 5.40. The highest BCUT2D eigenvalue weighted by molar-refractivity contribution is 7.16. The van der Waals surface area contributed by atoms with Gasteiger partial charge in [-0.05, 0) is 25.0 Å². The minimum absolute atomic E-state index is 0. The number of hydrogen-bond acceptors (Lipinski definition) is 5. The van der Waals surface area contributed by atoms with Crippen molar-refractivity contribution >= 4 is 42.1 Å². The Morgan fingerprint density at radius 3 is 2.46 bits per heavy atom. The molecule has 1 amide bonds. The third kappa shape index (κ3) is 6.83. The lowest BCUT2D eigenvalue weighted by Crippen LogP contribution is -2.36. The van der Waals surface area contributed by atoms with Gasteiger partial charge in [-0.1, -0.05) is 25.7 Å². The maximum absolute atomic E-state index is 12.2. The molecule has 2 aromatic rings. The van der Waals surface area contributed by atoms with Crippen molar-refractivity contribution in [2.24, 2.45) is 0 Å². The van der Waals surface area contributed by atoms with Gasteiger partial charge >= 0.3 is 0 Å². The molecular formula is C18H26Cl2N4OS. The normalized spacial score (nSPS) is 14.6. The molecule has 5 nitrogen and oxygen atoms in total. The average Bonchev–Trinajstić information content (AvgIpc) is 2.97. The van der Waals surface area contributed by atoms with Gasteiger partial charge in [-0.25, -0.2) is 4.98 Å². The number of amides is 1. The molecule has 1 saturated carbocycles. The third-order valence-electron chi connectivity index (χ3n) is 4.36. The summed E-state index contributed by atoms with van der Waals surface area (Å²) >= 11 is 1.41. The fourth-order valence-corrected chi connectivity index (χ4v) is 3.87. The van der Waals surface area contributed by atoms with E-state index in [2.05, 4.69) is 20.6 Å². The van der Waals surface area contributed by atoms with E-state index < -0.39 is 0 Å². The Balaban J connectivity index is 0.00000169. The second-order valence-electron chi connectivity index (χ2n) is 6.16. The highest BCUT2D eigenvalue weighted by Gasteiger charge is 2.13. The van der Waals surface area contributed by atoms with E-state index in [1.807, 2.05) is 12.1 Å². The molecule has 8 heteroatoms. The number of aromatic nitrogens is 2. The van der Waals surface area contributed by atoms with E-state index in [1.54, 1.807) is 18.6 Å². The van der Waals surface area contributed by atoms with Gasteiger partial charge in [0.15, 0.2) is 0 Å². The number of carbonyl (C=O) groups is 1. The first kappa shape index (κ1) is 22.8. The Bertz CT molecular complexity index is 646. The Hall–Kier alpha value is -1.21. The Morgan fingerprint density at radius 2 is 1.77 bits per heavy atom. The molecule has 0 saturated heterocycles. The predicted molar refractivity (Wildman–Crippen MR) is 112 cm³/mol. The number of carbonyl (C=O) groups excluding carboxylic acids is 1. The van der Waals surface area contributed by atoms with E-state index in [0.717, 1.165) is 17.1 Å². The Kier molecular flexibility index (Phi) is 10.7. The van der Waals surface area contributed by atoms with Gasteiger partial charge in [-0.2, -0.15) is 0 Å². The highest BCUT2D eigenvalue weighted by Crippen LogP contribution is 2.24. The summed E-state index contributed by atoms with van der Waals surface area (Å²) in [5.74, 6) is -0.0459. The van der Waals surface area contributed by atoms with E-state index in [4.69, 9.17) is 0 Å². The molecule has 0 spiro atoms. The van der Waals surface area contributed by atoms with Crippen LogP contribution in [0.3, 0.4) is 0 Å². The maximum Gasteiger partial charge on any atom is 0.263 e. The number of nitrogens with zero attached hydrogens (tertiary/aromatic N) is 2. The van der Waals surface area contributed by atoms with Gasteiger partial charge in [0.2, 0.25) is 0 Å². The van der Waals surface area contributed by atoms with Crippen LogP contribution in [-0.4, -0.2) is 35.0 Å². The van der Waals surface area contributed by atoms with Gasteiger partial charge in [-0.3, -0.25) is 9.78 Å². The quantitative estimate of drug-likeness (QED) is 0.549. The summed E-state index contributed by atoms with van der Waals surface area (Å²) in [7, 11) is 0. The van der Waals surface area contributed by atoms with Crippen LogP contribution in [0, 0.1) is 0 Å². The molecule has 2 heterocycles. The standard InChI is InChI=1S/C18H24N4OS.2ClH/c23-17(21-12-11-20-15-5-3-1-2-4-6-15)16-13-22-18(24-16)14-7-9-19-10-8-14;;/h7-10,13,15,20H,1-6,11-12H2,(H,21,23);2*1H. The smallest absolute Gasteiger partial charge is 0.263 e. The lowest BCUT2D eigenvalue weighted by atomic mass is 10.1. The fourth-order valence-electron chi connectivity index (χ4n) is 3.03. The summed E-state index contributed by atoms with van der Waals surface area (Å²) in [6.45, 7) is 1.48. The molecule has 0 aromatic carbocycles. The topological polar surface area (TPSA) is 66.9 Å². The van der Waals surface area contributed by atoms with Gasteiger partial charge in [0.05, 0.1) is 6.20 Å². The molecule has 2 aromatic heterocycles. The van der Waals surface area contributed by atoms with Gasteiger partial charge in [0.1, 0.15) is 9.88 Å². The zero-order chi connectivity index (χ0) is 16.6. The molecule has 0 radical (unpaired) electrons. The molecule has 1 fully saturated rings. The average molecular weight is 417 g/mol. The van der Waals surface area contributed by atoms with Crippen LogP contribution in [0.5, 0.6) is 0 Å². The summed E-state index contributed by atoms with van der Waals surface area (Å²) in [4.78, 5) is 21.2. The first-order chi connectivity index (χ1) is 11.8. The summed E-state index contributed by atoms with van der Waals surface area (Å²) in [5, 5.41) is 7.39. The van der Waals surface area contributed by atoms with Crippen molar-refractivity contribution < 1.29 is 4.79 Å². The van der Waals surface area contributed by atoms with Crippen LogP contribution >= 0.6 is 36.2 Å². The van der Waals surface area contributed by atoms with Gasteiger partial charge in [0, 0.05) is 37.1 Å². The summed E-state index contributed by atoms with van der Waals surface area (Å²) in [5.41, 5.74) is 0.990. The molecule has 3 rings (SSSR count). The van der Waals surface area contributed by atoms with Crippen molar-refractivity contribution in [2.45, 2.75) is 44.6 Å².